The van der Waals surface area contributed by atoms with Crippen molar-refractivity contribution in [2.45, 2.75) is 31.7 Å². The Morgan fingerprint density at radius 1 is 1.24 bits per heavy atom. The molecule has 1 saturated carbocycles. The number of carbonyl (C=O) groups is 1. The van der Waals surface area contributed by atoms with Crippen LogP contribution in [0.3, 0.4) is 0 Å². The fourth-order valence-corrected chi connectivity index (χ4v) is 2.38. The van der Waals surface area contributed by atoms with Gasteiger partial charge in [-0.1, -0.05) is 18.9 Å². The minimum absolute atomic E-state index is 0.174. The van der Waals surface area contributed by atoms with Crippen molar-refractivity contribution < 1.29 is 13.6 Å². The van der Waals surface area contributed by atoms with Crippen LogP contribution in [-0.4, -0.2) is 11.8 Å². The summed E-state index contributed by atoms with van der Waals surface area (Å²) >= 11 is 0. The van der Waals surface area contributed by atoms with Gasteiger partial charge in [-0.15, -0.1) is 0 Å². The van der Waals surface area contributed by atoms with E-state index in [1.807, 2.05) is 0 Å². The van der Waals surface area contributed by atoms with E-state index in [1.165, 1.54) is 12.1 Å². The van der Waals surface area contributed by atoms with E-state index in [0.717, 1.165) is 25.3 Å². The van der Waals surface area contributed by atoms with Gasteiger partial charge in [-0.2, -0.15) is 0 Å². The van der Waals surface area contributed by atoms with Crippen molar-refractivity contribution in [1.29, 1.82) is 0 Å². The summed E-state index contributed by atoms with van der Waals surface area (Å²) in [7, 11) is 0. The number of Topliss-reactive ketones (excluding diaryl/α,β-unsaturated/α-hetero) is 1. The molecular formula is C13H15F2NO. The van der Waals surface area contributed by atoms with Gasteiger partial charge in [0.15, 0.2) is 17.4 Å². The Morgan fingerprint density at radius 2 is 1.94 bits per heavy atom. The van der Waals surface area contributed by atoms with Gasteiger partial charge < -0.3 is 5.73 Å². The van der Waals surface area contributed by atoms with Crippen molar-refractivity contribution in [3.05, 3.63) is 35.4 Å². The maximum absolute atomic E-state index is 13.5. The second kappa shape index (κ2) is 4.92. The summed E-state index contributed by atoms with van der Waals surface area (Å²) in [4.78, 5) is 12.1. The van der Waals surface area contributed by atoms with Gasteiger partial charge in [-0.05, 0) is 25.0 Å². The van der Waals surface area contributed by atoms with E-state index in [-0.39, 0.29) is 23.3 Å². The first kappa shape index (κ1) is 12.2. The lowest BCUT2D eigenvalue weighted by Gasteiger charge is -2.27. The van der Waals surface area contributed by atoms with Gasteiger partial charge in [0.1, 0.15) is 0 Å². The molecule has 1 aromatic rings. The van der Waals surface area contributed by atoms with Crippen molar-refractivity contribution in [3.8, 4) is 0 Å². The van der Waals surface area contributed by atoms with E-state index in [4.69, 9.17) is 5.73 Å². The summed E-state index contributed by atoms with van der Waals surface area (Å²) in [6.45, 7) is 0. The molecule has 2 unspecified atom stereocenters. The average molecular weight is 239 g/mol. The van der Waals surface area contributed by atoms with Crippen LogP contribution in [0.1, 0.15) is 36.0 Å². The molecule has 17 heavy (non-hydrogen) atoms. The van der Waals surface area contributed by atoms with Crippen LogP contribution in [0.5, 0.6) is 0 Å². The normalized spacial score (nSPS) is 24.6. The van der Waals surface area contributed by atoms with Gasteiger partial charge in [0, 0.05) is 12.0 Å². The number of rotatable bonds is 2. The van der Waals surface area contributed by atoms with Crippen LogP contribution in [0.2, 0.25) is 0 Å². The van der Waals surface area contributed by atoms with E-state index < -0.39 is 11.6 Å². The van der Waals surface area contributed by atoms with Crippen molar-refractivity contribution in [1.82, 2.24) is 0 Å². The highest BCUT2D eigenvalue weighted by Gasteiger charge is 2.30. The van der Waals surface area contributed by atoms with Gasteiger partial charge in [0.05, 0.1) is 5.56 Å². The van der Waals surface area contributed by atoms with E-state index in [0.29, 0.717) is 6.42 Å². The number of benzene rings is 1. The molecule has 92 valence electrons. The standard InChI is InChI=1S/C13H15F2NO/c14-10-6-3-5-9(12(10)15)13(17)8-4-1-2-7-11(8)16/h3,5-6,8,11H,1-2,4,7,16H2. The van der Waals surface area contributed by atoms with Gasteiger partial charge in [0.2, 0.25) is 0 Å². The zero-order valence-corrected chi connectivity index (χ0v) is 9.46. The highest BCUT2D eigenvalue weighted by molar-refractivity contribution is 5.98. The molecule has 2 rings (SSSR count). The molecule has 0 bridgehead atoms. The summed E-state index contributed by atoms with van der Waals surface area (Å²) in [6.07, 6.45) is 3.35. The highest BCUT2D eigenvalue weighted by atomic mass is 19.2. The molecule has 1 aliphatic carbocycles. The highest BCUT2D eigenvalue weighted by Crippen LogP contribution is 2.27. The van der Waals surface area contributed by atoms with Crippen molar-refractivity contribution >= 4 is 5.78 Å². The third kappa shape index (κ3) is 2.36. The predicted octanol–water partition coefficient (Wildman–Crippen LogP) is 2.67. The summed E-state index contributed by atoms with van der Waals surface area (Å²) in [5.41, 5.74) is 5.69. The molecule has 0 amide bonds. The first-order valence-electron chi connectivity index (χ1n) is 5.85. The second-order valence-corrected chi connectivity index (χ2v) is 4.52. The molecule has 0 aromatic heterocycles. The van der Waals surface area contributed by atoms with E-state index in [2.05, 4.69) is 0 Å². The molecule has 0 spiro atoms. The maximum atomic E-state index is 13.5. The molecule has 1 fully saturated rings. The number of halogens is 2. The lowest BCUT2D eigenvalue weighted by atomic mass is 9.80. The zero-order chi connectivity index (χ0) is 12.4. The van der Waals surface area contributed by atoms with Crippen LogP contribution in [0.25, 0.3) is 0 Å². The van der Waals surface area contributed by atoms with E-state index >= 15 is 0 Å². The fourth-order valence-electron chi connectivity index (χ4n) is 2.38. The SMILES string of the molecule is NC1CCCCC1C(=O)c1cccc(F)c1F. The molecule has 2 nitrogen and oxygen atoms in total. The van der Waals surface area contributed by atoms with Crippen LogP contribution in [-0.2, 0) is 0 Å². The molecule has 0 radical (unpaired) electrons. The average Bonchev–Trinajstić information content (AvgIpc) is 2.32. The van der Waals surface area contributed by atoms with Crippen LogP contribution in [0, 0.1) is 17.6 Å². The molecule has 1 aromatic carbocycles. The van der Waals surface area contributed by atoms with Crippen LogP contribution in [0.4, 0.5) is 8.78 Å². The monoisotopic (exact) mass is 239 g/mol. The number of hydrogen-bond donors (Lipinski definition) is 1. The number of nitrogens with two attached hydrogens (primary N) is 1. The third-order valence-corrected chi connectivity index (χ3v) is 3.37. The van der Waals surface area contributed by atoms with Crippen LogP contribution < -0.4 is 5.73 Å². The van der Waals surface area contributed by atoms with Crippen molar-refractivity contribution in [2.24, 2.45) is 11.7 Å². The van der Waals surface area contributed by atoms with Crippen LogP contribution in [0.15, 0.2) is 18.2 Å². The topological polar surface area (TPSA) is 43.1 Å². The fraction of sp³-hybridized carbons (Fsp3) is 0.462. The Bertz CT molecular complexity index is 433. The maximum Gasteiger partial charge on any atom is 0.170 e. The zero-order valence-electron chi connectivity index (χ0n) is 9.46. The quantitative estimate of drug-likeness (QED) is 0.806. The summed E-state index contributed by atoms with van der Waals surface area (Å²) in [5, 5.41) is 0. The summed E-state index contributed by atoms with van der Waals surface area (Å²) in [6, 6.07) is 3.44. The Kier molecular flexibility index (Phi) is 3.52. The molecule has 2 atom stereocenters. The minimum atomic E-state index is -1.06. The summed E-state index contributed by atoms with van der Waals surface area (Å²) in [5.74, 6) is -2.79. The van der Waals surface area contributed by atoms with Crippen molar-refractivity contribution in [3.63, 3.8) is 0 Å². The van der Waals surface area contributed by atoms with E-state index in [9.17, 15) is 13.6 Å². The minimum Gasteiger partial charge on any atom is -0.327 e. The van der Waals surface area contributed by atoms with Crippen LogP contribution >= 0.6 is 0 Å². The molecule has 4 heteroatoms. The summed E-state index contributed by atoms with van der Waals surface area (Å²) < 4.78 is 26.5. The molecular weight excluding hydrogens is 224 g/mol. The van der Waals surface area contributed by atoms with Gasteiger partial charge >= 0.3 is 0 Å². The lowest BCUT2D eigenvalue weighted by molar-refractivity contribution is 0.0865. The predicted molar refractivity (Wildman–Crippen MR) is 60.6 cm³/mol. The lowest BCUT2D eigenvalue weighted by Crippen LogP contribution is -2.38. The first-order valence-corrected chi connectivity index (χ1v) is 5.85. The largest absolute Gasteiger partial charge is 0.327 e. The molecule has 1 aliphatic rings. The first-order chi connectivity index (χ1) is 8.11. The Morgan fingerprint density at radius 3 is 2.65 bits per heavy atom. The molecule has 0 heterocycles. The van der Waals surface area contributed by atoms with Crippen molar-refractivity contribution in [2.75, 3.05) is 0 Å². The smallest absolute Gasteiger partial charge is 0.170 e. The Balaban J connectivity index is 2.27. The van der Waals surface area contributed by atoms with E-state index in [1.54, 1.807) is 0 Å². The molecule has 0 aliphatic heterocycles. The number of carbonyl (C=O) groups excluding carboxylic acids is 1. The number of hydrogen-bond acceptors (Lipinski definition) is 2. The number of ketones is 1. The van der Waals surface area contributed by atoms with Gasteiger partial charge in [0.25, 0.3) is 0 Å². The molecule has 2 N–H and O–H groups in total. The Labute approximate surface area is 98.8 Å². The van der Waals surface area contributed by atoms with Gasteiger partial charge in [-0.3, -0.25) is 4.79 Å². The Hall–Kier alpha value is -1.29. The second-order valence-electron chi connectivity index (χ2n) is 4.52. The third-order valence-electron chi connectivity index (χ3n) is 3.37. The molecule has 0 saturated heterocycles. The van der Waals surface area contributed by atoms with Gasteiger partial charge in [-0.25, -0.2) is 8.78 Å².